The van der Waals surface area contributed by atoms with Crippen molar-refractivity contribution in [2.75, 3.05) is 18.5 Å². The summed E-state index contributed by atoms with van der Waals surface area (Å²) in [5.41, 5.74) is 2.36. The Hall–Kier alpha value is -1.66. The van der Waals surface area contributed by atoms with Crippen LogP contribution in [0.1, 0.15) is 16.8 Å². The number of para-hydroxylation sites is 1. The predicted octanol–water partition coefficient (Wildman–Crippen LogP) is 0.318. The first-order chi connectivity index (χ1) is 8.13. The molecular formula is C11H14FN3O2. The maximum Gasteiger partial charge on any atom is 0.256 e. The van der Waals surface area contributed by atoms with Gasteiger partial charge in [-0.2, -0.15) is 0 Å². The Kier molecular flexibility index (Phi) is 3.26. The van der Waals surface area contributed by atoms with Gasteiger partial charge in [0.2, 0.25) is 0 Å². The summed E-state index contributed by atoms with van der Waals surface area (Å²) in [7, 11) is 0. The molecule has 1 aromatic carbocycles. The third-order valence-electron chi connectivity index (χ3n) is 2.84. The Morgan fingerprint density at radius 1 is 1.59 bits per heavy atom. The molecule has 0 spiro atoms. The molecule has 0 bridgehead atoms. The molecule has 4 N–H and O–H groups in total. The number of hydrazine groups is 1. The lowest BCUT2D eigenvalue weighted by Gasteiger charge is -2.17. The monoisotopic (exact) mass is 239 g/mol. The lowest BCUT2D eigenvalue weighted by Crippen LogP contribution is -2.30. The van der Waals surface area contributed by atoms with Crippen molar-refractivity contribution in [1.29, 1.82) is 0 Å². The van der Waals surface area contributed by atoms with Crippen LogP contribution in [0.2, 0.25) is 0 Å². The average molecular weight is 239 g/mol. The number of hydrogen-bond donors (Lipinski definition) is 3. The molecule has 0 radical (unpaired) electrons. The minimum absolute atomic E-state index is 0.0149. The summed E-state index contributed by atoms with van der Waals surface area (Å²) in [5, 5.41) is 9.37. The third-order valence-corrected chi connectivity index (χ3v) is 2.84. The predicted molar refractivity (Wildman–Crippen MR) is 60.7 cm³/mol. The fraction of sp³-hybridized carbons (Fsp3) is 0.364. The molecule has 2 rings (SSSR count). The molecule has 1 unspecified atom stereocenters. The molecule has 0 saturated carbocycles. The highest BCUT2D eigenvalue weighted by atomic mass is 19.1. The van der Waals surface area contributed by atoms with E-state index in [0.717, 1.165) is 0 Å². The van der Waals surface area contributed by atoms with E-state index in [1.54, 1.807) is 0 Å². The summed E-state index contributed by atoms with van der Waals surface area (Å²) in [4.78, 5) is 13.6. The average Bonchev–Trinajstić information content (AvgIpc) is 2.74. The lowest BCUT2D eigenvalue weighted by atomic mass is 10.1. The number of carbonyl (C=O) groups excluding carboxylic acids is 1. The van der Waals surface area contributed by atoms with Gasteiger partial charge in [-0.1, -0.05) is 6.07 Å². The van der Waals surface area contributed by atoms with Gasteiger partial charge in [0.25, 0.3) is 5.91 Å². The zero-order valence-corrected chi connectivity index (χ0v) is 9.19. The second-order valence-corrected chi connectivity index (χ2v) is 4.00. The van der Waals surface area contributed by atoms with Gasteiger partial charge in [0, 0.05) is 13.1 Å². The van der Waals surface area contributed by atoms with E-state index in [1.807, 2.05) is 0 Å². The number of aliphatic hydroxyl groups is 1. The fourth-order valence-corrected chi connectivity index (χ4v) is 1.95. The van der Waals surface area contributed by atoms with E-state index >= 15 is 0 Å². The van der Waals surface area contributed by atoms with Gasteiger partial charge >= 0.3 is 0 Å². The third kappa shape index (κ3) is 2.22. The van der Waals surface area contributed by atoms with E-state index in [1.165, 1.54) is 23.1 Å². The number of anilines is 1. The SMILES string of the molecule is NNc1c(F)cccc1C(=O)N1CCC(O)C1. The lowest BCUT2D eigenvalue weighted by molar-refractivity contribution is 0.0765. The zero-order valence-electron chi connectivity index (χ0n) is 9.19. The molecule has 1 saturated heterocycles. The van der Waals surface area contributed by atoms with Gasteiger partial charge in [-0.3, -0.25) is 10.6 Å². The number of nitrogens with two attached hydrogens (primary N) is 1. The highest BCUT2D eigenvalue weighted by Crippen LogP contribution is 2.22. The summed E-state index contributed by atoms with van der Waals surface area (Å²) in [5.74, 6) is 4.31. The van der Waals surface area contributed by atoms with E-state index < -0.39 is 11.9 Å². The summed E-state index contributed by atoms with van der Waals surface area (Å²) in [6.45, 7) is 0.750. The molecule has 0 aliphatic carbocycles. The Balaban J connectivity index is 2.28. The van der Waals surface area contributed by atoms with Crippen LogP contribution >= 0.6 is 0 Å². The molecule has 5 nitrogen and oxygen atoms in total. The number of amides is 1. The molecule has 1 aliphatic heterocycles. The number of nitrogens with one attached hydrogen (secondary N) is 1. The van der Waals surface area contributed by atoms with Crippen molar-refractivity contribution < 1.29 is 14.3 Å². The van der Waals surface area contributed by atoms with Crippen LogP contribution in [0.15, 0.2) is 18.2 Å². The molecular weight excluding hydrogens is 225 g/mol. The molecule has 1 aliphatic rings. The van der Waals surface area contributed by atoms with Gasteiger partial charge in [-0.15, -0.1) is 0 Å². The molecule has 17 heavy (non-hydrogen) atoms. The maximum absolute atomic E-state index is 13.4. The van der Waals surface area contributed by atoms with Crippen molar-refractivity contribution in [1.82, 2.24) is 4.90 Å². The topological polar surface area (TPSA) is 78.6 Å². The van der Waals surface area contributed by atoms with Crippen molar-refractivity contribution in [2.24, 2.45) is 5.84 Å². The normalized spacial score (nSPS) is 19.5. The van der Waals surface area contributed by atoms with Crippen LogP contribution in [0.4, 0.5) is 10.1 Å². The van der Waals surface area contributed by atoms with Gasteiger partial charge in [-0.05, 0) is 18.6 Å². The minimum Gasteiger partial charge on any atom is -0.391 e. The summed E-state index contributed by atoms with van der Waals surface area (Å²) in [6.07, 6.45) is 0.0497. The quantitative estimate of drug-likeness (QED) is 0.513. The van der Waals surface area contributed by atoms with E-state index in [0.29, 0.717) is 13.0 Å². The number of rotatable bonds is 2. The Morgan fingerprint density at radius 3 is 2.94 bits per heavy atom. The van der Waals surface area contributed by atoms with Gasteiger partial charge < -0.3 is 15.4 Å². The van der Waals surface area contributed by atoms with Crippen LogP contribution in [0, 0.1) is 5.82 Å². The van der Waals surface area contributed by atoms with E-state index in [2.05, 4.69) is 5.43 Å². The number of halogens is 1. The Bertz CT molecular complexity index is 439. The molecule has 1 amide bonds. The Morgan fingerprint density at radius 2 is 2.35 bits per heavy atom. The van der Waals surface area contributed by atoms with E-state index in [-0.39, 0.29) is 23.7 Å². The first-order valence-electron chi connectivity index (χ1n) is 5.36. The smallest absolute Gasteiger partial charge is 0.256 e. The van der Waals surface area contributed by atoms with Crippen LogP contribution in [-0.2, 0) is 0 Å². The standard InChI is InChI=1S/C11H14FN3O2/c12-9-3-1-2-8(10(9)14-13)11(17)15-5-4-7(16)6-15/h1-3,7,14,16H,4-6,13H2. The number of carbonyl (C=O) groups is 1. The molecule has 1 atom stereocenters. The highest BCUT2D eigenvalue weighted by molar-refractivity contribution is 5.99. The Labute approximate surface area is 98.0 Å². The fourth-order valence-electron chi connectivity index (χ4n) is 1.95. The molecule has 1 heterocycles. The van der Waals surface area contributed by atoms with Crippen molar-refractivity contribution >= 4 is 11.6 Å². The number of aliphatic hydroxyl groups excluding tert-OH is 1. The number of nitrogen functional groups attached to an aromatic ring is 1. The molecule has 1 fully saturated rings. The van der Waals surface area contributed by atoms with Gasteiger partial charge in [0.15, 0.2) is 0 Å². The highest BCUT2D eigenvalue weighted by Gasteiger charge is 2.27. The number of hydrogen-bond acceptors (Lipinski definition) is 4. The van der Waals surface area contributed by atoms with Crippen molar-refractivity contribution in [3.63, 3.8) is 0 Å². The van der Waals surface area contributed by atoms with Crippen LogP contribution in [0.25, 0.3) is 0 Å². The summed E-state index contributed by atoms with van der Waals surface area (Å²) < 4.78 is 13.4. The second-order valence-electron chi connectivity index (χ2n) is 4.00. The van der Waals surface area contributed by atoms with Crippen LogP contribution in [0.5, 0.6) is 0 Å². The van der Waals surface area contributed by atoms with Crippen LogP contribution in [0.3, 0.4) is 0 Å². The molecule has 1 aromatic rings. The van der Waals surface area contributed by atoms with Gasteiger partial charge in [0.05, 0.1) is 17.4 Å². The van der Waals surface area contributed by atoms with Crippen molar-refractivity contribution in [3.8, 4) is 0 Å². The van der Waals surface area contributed by atoms with E-state index in [4.69, 9.17) is 5.84 Å². The zero-order chi connectivity index (χ0) is 12.4. The van der Waals surface area contributed by atoms with Crippen molar-refractivity contribution in [3.05, 3.63) is 29.6 Å². The number of likely N-dealkylation sites (tertiary alicyclic amines) is 1. The first kappa shape index (κ1) is 11.8. The summed E-state index contributed by atoms with van der Waals surface area (Å²) >= 11 is 0. The number of β-amino-alcohol motifs (C(OH)–C–C–N with tert-alkyl or cyclic N) is 1. The number of nitrogens with zero attached hydrogens (tertiary/aromatic N) is 1. The van der Waals surface area contributed by atoms with Gasteiger partial charge in [0.1, 0.15) is 5.82 Å². The molecule has 92 valence electrons. The minimum atomic E-state index is -0.571. The largest absolute Gasteiger partial charge is 0.391 e. The second kappa shape index (κ2) is 4.68. The summed E-state index contributed by atoms with van der Waals surface area (Å²) in [6, 6.07) is 4.19. The number of benzene rings is 1. The van der Waals surface area contributed by atoms with Crippen LogP contribution in [-0.4, -0.2) is 35.1 Å². The molecule has 0 aromatic heterocycles. The first-order valence-corrected chi connectivity index (χ1v) is 5.36. The van der Waals surface area contributed by atoms with Crippen molar-refractivity contribution in [2.45, 2.75) is 12.5 Å². The maximum atomic E-state index is 13.4. The van der Waals surface area contributed by atoms with Crippen LogP contribution < -0.4 is 11.3 Å². The molecule has 6 heteroatoms. The van der Waals surface area contributed by atoms with E-state index in [9.17, 15) is 14.3 Å². The van der Waals surface area contributed by atoms with Gasteiger partial charge in [-0.25, -0.2) is 4.39 Å².